The van der Waals surface area contributed by atoms with Crippen LogP contribution in [0.25, 0.3) is 0 Å². The fraction of sp³-hybridized carbons (Fsp3) is 1.00. The Morgan fingerprint density at radius 2 is 1.62 bits per heavy atom. The minimum absolute atomic E-state index is 0.0586. The lowest BCUT2D eigenvalue weighted by Crippen LogP contribution is -2.26. The largest absolute Gasteiger partial charge is 0.394 e. The maximum Gasteiger partial charge on any atom is 0.163 e. The van der Waals surface area contributed by atoms with Gasteiger partial charge in [0.15, 0.2) is 5.79 Å². The number of hydrogen-bond donors (Lipinski definition) is 1. The second-order valence-corrected chi connectivity index (χ2v) is 5.10. The van der Waals surface area contributed by atoms with Crippen molar-refractivity contribution in [3.05, 3.63) is 0 Å². The summed E-state index contributed by atoms with van der Waals surface area (Å²) in [4.78, 5) is 0. The Hall–Kier alpha value is -0.120. The van der Waals surface area contributed by atoms with Crippen LogP contribution < -0.4 is 0 Å². The predicted octanol–water partition coefficient (Wildman–Crippen LogP) is 2.86. The Kier molecular flexibility index (Phi) is 5.73. The van der Waals surface area contributed by atoms with Crippen LogP contribution in [-0.4, -0.2) is 29.7 Å². The molecule has 1 aliphatic heterocycles. The molecule has 3 heteroatoms. The molecular formula is C13H26O3. The molecular weight excluding hydrogens is 204 g/mol. The Labute approximate surface area is 99.1 Å². The van der Waals surface area contributed by atoms with Crippen LogP contribution in [-0.2, 0) is 9.47 Å². The first kappa shape index (κ1) is 13.9. The van der Waals surface area contributed by atoms with E-state index in [0.29, 0.717) is 0 Å². The first-order valence-electron chi connectivity index (χ1n) is 6.55. The van der Waals surface area contributed by atoms with E-state index in [9.17, 15) is 5.11 Å². The predicted molar refractivity (Wildman–Crippen MR) is 64.3 cm³/mol. The molecule has 1 rings (SSSR count). The van der Waals surface area contributed by atoms with Gasteiger partial charge in [0.2, 0.25) is 0 Å². The molecule has 0 bridgehead atoms. The van der Waals surface area contributed by atoms with Crippen LogP contribution >= 0.6 is 0 Å². The van der Waals surface area contributed by atoms with Gasteiger partial charge in [0.1, 0.15) is 6.10 Å². The number of ether oxygens (including phenoxy) is 2. The molecule has 1 aliphatic rings. The van der Waals surface area contributed by atoms with Gasteiger partial charge >= 0.3 is 0 Å². The minimum atomic E-state index is -0.526. The number of rotatable bonds is 7. The molecule has 0 aromatic rings. The summed E-state index contributed by atoms with van der Waals surface area (Å²) in [5, 5.41) is 9.20. The van der Waals surface area contributed by atoms with E-state index in [0.717, 1.165) is 6.42 Å². The number of aliphatic hydroxyl groups is 1. The van der Waals surface area contributed by atoms with Crippen LogP contribution in [0.3, 0.4) is 0 Å². The van der Waals surface area contributed by atoms with Crippen molar-refractivity contribution in [3.8, 4) is 0 Å². The third-order valence-electron chi connectivity index (χ3n) is 3.06. The van der Waals surface area contributed by atoms with Crippen molar-refractivity contribution in [2.24, 2.45) is 0 Å². The zero-order chi connectivity index (χ0) is 12.0. The fourth-order valence-electron chi connectivity index (χ4n) is 2.26. The van der Waals surface area contributed by atoms with Gasteiger partial charge in [-0.25, -0.2) is 0 Å². The first-order chi connectivity index (χ1) is 7.59. The third kappa shape index (κ3) is 4.40. The van der Waals surface area contributed by atoms with Crippen molar-refractivity contribution >= 4 is 0 Å². The number of aliphatic hydroxyl groups excluding tert-OH is 1. The molecule has 0 spiro atoms. The van der Waals surface area contributed by atoms with Gasteiger partial charge in [0.25, 0.3) is 0 Å². The highest BCUT2D eigenvalue weighted by molar-refractivity contribution is 4.80. The van der Waals surface area contributed by atoms with Crippen LogP contribution in [0.5, 0.6) is 0 Å². The minimum Gasteiger partial charge on any atom is -0.394 e. The van der Waals surface area contributed by atoms with E-state index >= 15 is 0 Å². The van der Waals surface area contributed by atoms with Crippen molar-refractivity contribution in [1.82, 2.24) is 0 Å². The van der Waals surface area contributed by atoms with E-state index in [4.69, 9.17) is 9.47 Å². The van der Waals surface area contributed by atoms with Crippen LogP contribution in [0.4, 0.5) is 0 Å². The van der Waals surface area contributed by atoms with Gasteiger partial charge in [-0.05, 0) is 20.3 Å². The Bertz CT molecular complexity index is 192. The second kappa shape index (κ2) is 6.58. The highest BCUT2D eigenvalue weighted by Crippen LogP contribution is 2.30. The third-order valence-corrected chi connectivity index (χ3v) is 3.06. The lowest BCUT2D eigenvalue weighted by molar-refractivity contribution is -0.149. The molecule has 1 N–H and O–H groups in total. The van der Waals surface area contributed by atoms with Gasteiger partial charge in [0, 0.05) is 0 Å². The maximum absolute atomic E-state index is 9.20. The van der Waals surface area contributed by atoms with Crippen molar-refractivity contribution in [3.63, 3.8) is 0 Å². The van der Waals surface area contributed by atoms with E-state index in [1.165, 1.54) is 32.1 Å². The van der Waals surface area contributed by atoms with Gasteiger partial charge in [-0.3, -0.25) is 0 Å². The summed E-state index contributed by atoms with van der Waals surface area (Å²) < 4.78 is 11.4. The zero-order valence-corrected chi connectivity index (χ0v) is 10.9. The second-order valence-electron chi connectivity index (χ2n) is 5.10. The van der Waals surface area contributed by atoms with Gasteiger partial charge < -0.3 is 14.6 Å². The monoisotopic (exact) mass is 230 g/mol. The summed E-state index contributed by atoms with van der Waals surface area (Å²) in [7, 11) is 0. The van der Waals surface area contributed by atoms with E-state index < -0.39 is 5.79 Å². The molecule has 1 saturated heterocycles. The van der Waals surface area contributed by atoms with Gasteiger partial charge in [-0.15, -0.1) is 0 Å². The number of hydrogen-bond acceptors (Lipinski definition) is 3. The van der Waals surface area contributed by atoms with Gasteiger partial charge in [-0.2, -0.15) is 0 Å². The van der Waals surface area contributed by atoms with Crippen LogP contribution in [0.1, 0.15) is 59.3 Å². The highest BCUT2D eigenvalue weighted by atomic mass is 16.8. The molecule has 2 atom stereocenters. The normalized spacial score (nSPS) is 28.5. The molecule has 0 unspecified atom stereocenters. The fourth-order valence-corrected chi connectivity index (χ4v) is 2.26. The van der Waals surface area contributed by atoms with E-state index in [2.05, 4.69) is 6.92 Å². The molecule has 0 aromatic carbocycles. The van der Waals surface area contributed by atoms with Crippen LogP contribution in [0, 0.1) is 0 Å². The molecule has 96 valence electrons. The smallest absolute Gasteiger partial charge is 0.163 e. The molecule has 1 fully saturated rings. The zero-order valence-electron chi connectivity index (χ0n) is 10.9. The Balaban J connectivity index is 2.20. The summed E-state index contributed by atoms with van der Waals surface area (Å²) in [6.45, 7) is 6.10. The quantitative estimate of drug-likeness (QED) is 0.683. The standard InChI is InChI=1S/C13H26O3/c1-4-5-6-7-8-9-11-12(10-14)16-13(2,3)15-11/h11-12,14H,4-10H2,1-3H3/t11-,12-/m1/s1. The summed E-state index contributed by atoms with van der Waals surface area (Å²) in [6, 6.07) is 0. The average Bonchev–Trinajstić information content (AvgIpc) is 2.53. The topological polar surface area (TPSA) is 38.7 Å². The van der Waals surface area contributed by atoms with Crippen molar-refractivity contribution in [1.29, 1.82) is 0 Å². The summed E-state index contributed by atoms with van der Waals surface area (Å²) in [5.41, 5.74) is 0. The highest BCUT2D eigenvalue weighted by Gasteiger charge is 2.40. The summed E-state index contributed by atoms with van der Waals surface area (Å²) in [5.74, 6) is -0.526. The van der Waals surface area contributed by atoms with E-state index in [-0.39, 0.29) is 18.8 Å². The molecule has 0 aliphatic carbocycles. The summed E-state index contributed by atoms with van der Waals surface area (Å²) in [6.07, 6.45) is 7.25. The van der Waals surface area contributed by atoms with Crippen LogP contribution in [0.2, 0.25) is 0 Å². The van der Waals surface area contributed by atoms with Crippen molar-refractivity contribution in [2.45, 2.75) is 77.3 Å². The first-order valence-corrected chi connectivity index (χ1v) is 6.55. The van der Waals surface area contributed by atoms with E-state index in [1.807, 2.05) is 13.8 Å². The van der Waals surface area contributed by atoms with Crippen molar-refractivity contribution < 1.29 is 14.6 Å². The maximum atomic E-state index is 9.20. The van der Waals surface area contributed by atoms with Crippen molar-refractivity contribution in [2.75, 3.05) is 6.61 Å². The van der Waals surface area contributed by atoms with Crippen LogP contribution in [0.15, 0.2) is 0 Å². The SMILES string of the molecule is CCCCCCC[C@H]1OC(C)(C)O[C@@H]1CO. The van der Waals surface area contributed by atoms with Gasteiger partial charge in [0.05, 0.1) is 12.7 Å². The van der Waals surface area contributed by atoms with Gasteiger partial charge in [-0.1, -0.05) is 39.0 Å². The number of unbranched alkanes of at least 4 members (excludes halogenated alkanes) is 4. The average molecular weight is 230 g/mol. The van der Waals surface area contributed by atoms with E-state index in [1.54, 1.807) is 0 Å². The molecule has 0 saturated carbocycles. The molecule has 1 heterocycles. The molecule has 0 aromatic heterocycles. The lowest BCUT2D eigenvalue weighted by atomic mass is 10.1. The Morgan fingerprint density at radius 3 is 2.25 bits per heavy atom. The lowest BCUT2D eigenvalue weighted by Gasteiger charge is -2.16. The molecule has 0 radical (unpaired) electrons. The molecule has 3 nitrogen and oxygen atoms in total. The summed E-state index contributed by atoms with van der Waals surface area (Å²) >= 11 is 0. The molecule has 0 amide bonds. The molecule has 16 heavy (non-hydrogen) atoms. The Morgan fingerprint density at radius 1 is 1.00 bits per heavy atom.